The Labute approximate surface area is 115 Å². The number of rotatable bonds is 7. The van der Waals surface area contributed by atoms with E-state index in [9.17, 15) is 14.9 Å². The first kappa shape index (κ1) is 16.4. The van der Waals surface area contributed by atoms with Gasteiger partial charge in [0, 0.05) is 13.3 Å². The fourth-order valence-corrected chi connectivity index (χ4v) is 4.00. The molecule has 0 spiro atoms. The van der Waals surface area contributed by atoms with Gasteiger partial charge in [-0.1, -0.05) is 0 Å². The van der Waals surface area contributed by atoms with Crippen LogP contribution in [0.2, 0.25) is 0 Å². The van der Waals surface area contributed by atoms with E-state index in [0.29, 0.717) is 9.97 Å². The smallest absolute Gasteiger partial charge is 0.381 e. The van der Waals surface area contributed by atoms with E-state index >= 15 is 0 Å². The average molecular weight is 309 g/mol. The molecule has 8 nitrogen and oxygen atoms in total. The Balaban J connectivity index is 2.81. The first-order valence-corrected chi connectivity index (χ1v) is 7.80. The highest BCUT2D eigenvalue weighted by Crippen LogP contribution is 2.57. The van der Waals surface area contributed by atoms with E-state index in [-0.39, 0.29) is 13.0 Å². The zero-order valence-corrected chi connectivity index (χ0v) is 12.0. The van der Waals surface area contributed by atoms with Crippen molar-refractivity contribution in [3.63, 3.8) is 0 Å². The lowest BCUT2D eigenvalue weighted by Gasteiger charge is -2.25. The summed E-state index contributed by atoms with van der Waals surface area (Å²) >= 11 is 1.32. The molecule has 0 aliphatic carbocycles. The number of amides is 1. The number of allylic oxidation sites excluding steroid dienone is 2. The molecule has 106 valence electrons. The highest BCUT2D eigenvalue weighted by Gasteiger charge is 2.54. The van der Waals surface area contributed by atoms with Crippen LogP contribution >= 0.6 is 7.94 Å². The van der Waals surface area contributed by atoms with E-state index in [2.05, 4.69) is 9.25 Å². The van der Waals surface area contributed by atoms with Crippen molar-refractivity contribution in [1.82, 2.24) is 5.06 Å². The molecule has 10 heteroatoms. The van der Waals surface area contributed by atoms with Crippen molar-refractivity contribution in [1.29, 1.82) is 0 Å². The topological polar surface area (TPSA) is 134 Å². The molecular formula is C9H16N3O5PS+2. The van der Waals surface area contributed by atoms with Gasteiger partial charge in [-0.3, -0.25) is 10.0 Å². The highest BCUT2D eigenvalue weighted by atomic mass is 32.1. The van der Waals surface area contributed by atoms with Crippen LogP contribution < -0.4 is 16.7 Å². The van der Waals surface area contributed by atoms with Crippen LogP contribution in [0, 0.1) is 6.42 Å². The monoisotopic (exact) mass is 309 g/mol. The van der Waals surface area contributed by atoms with E-state index in [4.69, 9.17) is 11.8 Å². The van der Waals surface area contributed by atoms with Gasteiger partial charge in [0.05, 0.1) is 6.54 Å². The van der Waals surface area contributed by atoms with Crippen LogP contribution in [0.3, 0.4) is 0 Å². The summed E-state index contributed by atoms with van der Waals surface area (Å²) in [6.45, 7) is 1.16. The molecule has 0 bridgehead atoms. The van der Waals surface area contributed by atoms with E-state index in [1.54, 1.807) is 17.9 Å². The molecule has 1 aliphatic rings. The van der Waals surface area contributed by atoms with Gasteiger partial charge in [-0.25, -0.2) is 5.06 Å². The van der Waals surface area contributed by atoms with Crippen LogP contribution in [0.25, 0.3) is 0 Å². The van der Waals surface area contributed by atoms with Crippen LogP contribution in [-0.2, 0) is 25.4 Å². The molecule has 1 aliphatic heterocycles. The number of carbonyl (C=O) groups is 1. The standard InChI is InChI=1S/C9H16N3O5PS/c1-7(13)12(14)5-4-8(9-3-2-6-19-9)18(15,16-10)17-11/h2-3,6,8,14H,4-5,10-11H2,1H3/q+2. The lowest BCUT2D eigenvalue weighted by molar-refractivity contribution is -0.223. The summed E-state index contributed by atoms with van der Waals surface area (Å²) in [7, 11) is -3.75. The zero-order chi connectivity index (χ0) is 14.5. The summed E-state index contributed by atoms with van der Waals surface area (Å²) in [6, 6.07) is 0. The van der Waals surface area contributed by atoms with Crippen molar-refractivity contribution < 1.29 is 24.1 Å². The fraction of sp³-hybridized carbons (Fsp3) is 0.444. The molecule has 0 aromatic rings. The first-order valence-electron chi connectivity index (χ1n) is 5.31. The Bertz CT molecular complexity index is 388. The summed E-state index contributed by atoms with van der Waals surface area (Å²) in [4.78, 5) is 23.9. The highest BCUT2D eigenvalue weighted by molar-refractivity contribution is 7.83. The lowest BCUT2D eigenvalue weighted by atomic mass is 10.2. The number of nitrogens with two attached hydrogens (primary N) is 2. The van der Waals surface area contributed by atoms with Crippen LogP contribution in [0.4, 0.5) is 0 Å². The summed E-state index contributed by atoms with van der Waals surface area (Å²) in [5.41, 5.74) is -0.753. The third-order valence-corrected chi connectivity index (χ3v) is 5.57. The van der Waals surface area contributed by atoms with Crippen molar-refractivity contribution in [2.75, 3.05) is 6.54 Å². The first-order chi connectivity index (χ1) is 8.94. The molecule has 0 saturated carbocycles. The Morgan fingerprint density at radius 1 is 1.68 bits per heavy atom. The van der Waals surface area contributed by atoms with E-state index < -0.39 is 19.5 Å². The molecule has 19 heavy (non-hydrogen) atoms. The molecule has 0 aromatic carbocycles. The molecule has 1 atom stereocenters. The minimum absolute atomic E-state index is 0.0470. The summed E-state index contributed by atoms with van der Waals surface area (Å²) in [5.74, 6) is 9.44. The van der Waals surface area contributed by atoms with Crippen molar-refractivity contribution in [2.45, 2.75) is 19.0 Å². The minimum Gasteiger partial charge on any atom is -0.626 e. The van der Waals surface area contributed by atoms with Gasteiger partial charge >= 0.3 is 24.2 Å². The van der Waals surface area contributed by atoms with Crippen LogP contribution in [0.15, 0.2) is 11.0 Å². The number of nitrogens with zero attached hydrogens (tertiary/aromatic N) is 1. The van der Waals surface area contributed by atoms with Crippen molar-refractivity contribution in [3.05, 3.63) is 17.4 Å². The lowest BCUT2D eigenvalue weighted by Crippen LogP contribution is -2.36. The molecule has 1 unspecified atom stereocenters. The maximum absolute atomic E-state index is 12.3. The second-order valence-electron chi connectivity index (χ2n) is 3.71. The molecule has 1 heterocycles. The fourth-order valence-electron chi connectivity index (χ4n) is 1.51. The second kappa shape index (κ2) is 7.22. The zero-order valence-electron chi connectivity index (χ0n) is 10.3. The van der Waals surface area contributed by atoms with Gasteiger partial charge in [0.25, 0.3) is 11.0 Å². The molecule has 5 N–H and O–H groups in total. The van der Waals surface area contributed by atoms with Crippen LogP contribution in [0.1, 0.15) is 13.3 Å². The Morgan fingerprint density at radius 3 is 2.74 bits per heavy atom. The van der Waals surface area contributed by atoms with Gasteiger partial charge in [-0.15, -0.1) is 9.25 Å². The van der Waals surface area contributed by atoms with Crippen molar-refractivity contribution in [3.8, 4) is 0 Å². The van der Waals surface area contributed by atoms with Gasteiger partial charge in [-0.05, 0) is 0 Å². The maximum atomic E-state index is 12.3. The third-order valence-electron chi connectivity index (χ3n) is 2.53. The Kier molecular flexibility index (Phi) is 6.24. The third kappa shape index (κ3) is 4.16. The molecule has 0 fully saturated rings. The maximum Gasteiger partial charge on any atom is 0.381 e. The van der Waals surface area contributed by atoms with E-state index in [1.165, 1.54) is 18.3 Å². The molecule has 0 saturated heterocycles. The number of hydrogen-bond donors (Lipinski definition) is 3. The van der Waals surface area contributed by atoms with Crippen LogP contribution in [0.5, 0.6) is 0 Å². The van der Waals surface area contributed by atoms with Gasteiger partial charge in [0.15, 0.2) is 6.08 Å². The second-order valence-corrected chi connectivity index (χ2v) is 6.82. The number of hydrogen-bond acceptors (Lipinski definition) is 7. The summed E-state index contributed by atoms with van der Waals surface area (Å²) in [5, 5.41) is 11.6. The largest absolute Gasteiger partial charge is 0.626 e. The predicted molar refractivity (Wildman–Crippen MR) is 70.9 cm³/mol. The molecule has 0 radical (unpaired) electrons. The minimum atomic E-state index is -3.75. The molecule has 1 amide bonds. The molecule has 1 rings (SSSR count). The SMILES string of the molecule is CC(=O)N(O)CCC(C1=C[CH+]C=[S+]1)[P+]([O-])(ON)ON. The summed E-state index contributed by atoms with van der Waals surface area (Å²) < 4.78 is 8.79. The number of carbonyl (C=O) groups excluding carboxylic acids is 1. The Morgan fingerprint density at radius 2 is 2.32 bits per heavy atom. The average Bonchev–Trinajstić information content (AvgIpc) is 2.91. The molecule has 0 aromatic heterocycles. The van der Waals surface area contributed by atoms with E-state index in [0.717, 1.165) is 0 Å². The van der Waals surface area contributed by atoms with E-state index in [1.807, 2.05) is 0 Å². The summed E-state index contributed by atoms with van der Waals surface area (Å²) in [6.07, 6.45) is 3.60. The Hall–Kier alpha value is -0.640. The van der Waals surface area contributed by atoms with Gasteiger partial charge < -0.3 is 4.89 Å². The molecular weight excluding hydrogens is 293 g/mol. The van der Waals surface area contributed by atoms with Crippen LogP contribution in [-0.4, -0.2) is 33.7 Å². The predicted octanol–water partition coefficient (Wildman–Crippen LogP) is -1.13. The number of hydroxylamine groups is 2. The van der Waals surface area contributed by atoms with Gasteiger partial charge in [0.2, 0.25) is 5.91 Å². The van der Waals surface area contributed by atoms with Crippen molar-refractivity contribution >= 4 is 30.6 Å². The quantitative estimate of drug-likeness (QED) is 0.135. The van der Waals surface area contributed by atoms with Gasteiger partial charge in [0.1, 0.15) is 6.42 Å². The van der Waals surface area contributed by atoms with Crippen molar-refractivity contribution in [2.24, 2.45) is 11.8 Å². The normalized spacial score (nSPS) is 15.9. The van der Waals surface area contributed by atoms with Gasteiger partial charge in [-0.2, -0.15) is 11.8 Å².